The van der Waals surface area contributed by atoms with Gasteiger partial charge in [-0.1, -0.05) is 33.3 Å². The first-order valence-electron chi connectivity index (χ1n) is 4.97. The van der Waals surface area contributed by atoms with Crippen molar-refractivity contribution in [3.63, 3.8) is 0 Å². The van der Waals surface area contributed by atoms with E-state index in [1.54, 1.807) is 17.8 Å². The summed E-state index contributed by atoms with van der Waals surface area (Å²) in [5.74, 6) is 0. The number of hydrogen-bond donors (Lipinski definition) is 1. The molecular formula is C11H12BrN3O. The highest BCUT2D eigenvalue weighted by atomic mass is 79.9. The number of benzene rings is 1. The predicted molar refractivity (Wildman–Crippen MR) is 63.9 cm³/mol. The monoisotopic (exact) mass is 281 g/mol. The van der Waals surface area contributed by atoms with Crippen molar-refractivity contribution < 1.29 is 5.11 Å². The largest absolute Gasteiger partial charge is 0.387 e. The quantitative estimate of drug-likeness (QED) is 0.938. The van der Waals surface area contributed by atoms with E-state index >= 15 is 0 Å². The highest BCUT2D eigenvalue weighted by Crippen LogP contribution is 2.12. The molecule has 1 aromatic heterocycles. The van der Waals surface area contributed by atoms with Gasteiger partial charge < -0.3 is 5.11 Å². The molecule has 0 fully saturated rings. The summed E-state index contributed by atoms with van der Waals surface area (Å²) in [6, 6.07) is 8.02. The zero-order valence-electron chi connectivity index (χ0n) is 8.84. The van der Waals surface area contributed by atoms with Crippen molar-refractivity contribution in [1.82, 2.24) is 15.0 Å². The Morgan fingerprint density at radius 2 is 2.06 bits per heavy atom. The summed E-state index contributed by atoms with van der Waals surface area (Å²) in [6.45, 7) is 2.33. The van der Waals surface area contributed by atoms with Gasteiger partial charge in [0.15, 0.2) is 0 Å². The number of hydrogen-bond acceptors (Lipinski definition) is 3. The molecule has 1 N–H and O–H groups in total. The number of aliphatic hydroxyl groups is 1. The Morgan fingerprint density at radius 3 is 2.62 bits per heavy atom. The summed E-state index contributed by atoms with van der Waals surface area (Å²) >= 11 is 3.39. The first-order valence-corrected chi connectivity index (χ1v) is 5.77. The van der Waals surface area contributed by atoms with Crippen LogP contribution in [0.1, 0.15) is 24.3 Å². The standard InChI is InChI=1S/C11H12BrN3O/c1-8(16)11-7-15(14-13-11)6-9-2-4-10(12)5-3-9/h2-5,7-8,16H,6H2,1H3/t8-/m0/s1. The van der Waals surface area contributed by atoms with Crippen LogP contribution in [0.25, 0.3) is 0 Å². The van der Waals surface area contributed by atoms with Crippen molar-refractivity contribution >= 4 is 15.9 Å². The van der Waals surface area contributed by atoms with E-state index < -0.39 is 6.10 Å². The molecule has 2 aromatic rings. The molecule has 2 rings (SSSR count). The van der Waals surface area contributed by atoms with Crippen molar-refractivity contribution in [1.29, 1.82) is 0 Å². The van der Waals surface area contributed by atoms with Crippen LogP contribution in [0.3, 0.4) is 0 Å². The van der Waals surface area contributed by atoms with Gasteiger partial charge in [0.1, 0.15) is 5.69 Å². The molecule has 0 spiro atoms. The lowest BCUT2D eigenvalue weighted by atomic mass is 10.2. The van der Waals surface area contributed by atoms with Crippen LogP contribution in [0.5, 0.6) is 0 Å². The van der Waals surface area contributed by atoms with E-state index in [1.165, 1.54) is 0 Å². The van der Waals surface area contributed by atoms with Gasteiger partial charge in [-0.15, -0.1) is 5.10 Å². The van der Waals surface area contributed by atoms with Crippen molar-refractivity contribution in [3.8, 4) is 0 Å². The summed E-state index contributed by atoms with van der Waals surface area (Å²) < 4.78 is 2.77. The molecule has 0 radical (unpaired) electrons. The predicted octanol–water partition coefficient (Wildman–Crippen LogP) is 2.14. The third kappa shape index (κ3) is 2.68. The maximum Gasteiger partial charge on any atom is 0.111 e. The summed E-state index contributed by atoms with van der Waals surface area (Å²) in [6.07, 6.45) is 1.19. The Balaban J connectivity index is 2.11. The lowest BCUT2D eigenvalue weighted by Crippen LogP contribution is -2.00. The SMILES string of the molecule is C[C@H](O)c1cn(Cc2ccc(Br)cc2)nn1. The van der Waals surface area contributed by atoms with Gasteiger partial charge >= 0.3 is 0 Å². The van der Waals surface area contributed by atoms with Crippen molar-refractivity contribution in [3.05, 3.63) is 46.2 Å². The van der Waals surface area contributed by atoms with Crippen molar-refractivity contribution in [2.75, 3.05) is 0 Å². The molecule has 5 heteroatoms. The number of rotatable bonds is 3. The van der Waals surface area contributed by atoms with E-state index in [1.807, 2.05) is 24.3 Å². The third-order valence-corrected chi connectivity index (χ3v) is 2.77. The van der Waals surface area contributed by atoms with Gasteiger partial charge in [-0.05, 0) is 24.6 Å². The molecule has 0 bridgehead atoms. The van der Waals surface area contributed by atoms with Gasteiger partial charge in [-0.2, -0.15) is 0 Å². The molecule has 0 aliphatic rings. The number of aliphatic hydroxyl groups excluding tert-OH is 1. The molecule has 1 heterocycles. The maximum absolute atomic E-state index is 9.32. The number of halogens is 1. The molecule has 16 heavy (non-hydrogen) atoms. The van der Waals surface area contributed by atoms with Gasteiger partial charge in [0.2, 0.25) is 0 Å². The molecule has 84 valence electrons. The second-order valence-corrected chi connectivity index (χ2v) is 4.56. The van der Waals surface area contributed by atoms with Crippen LogP contribution in [-0.4, -0.2) is 20.1 Å². The Morgan fingerprint density at radius 1 is 1.38 bits per heavy atom. The average molecular weight is 282 g/mol. The van der Waals surface area contributed by atoms with E-state index in [2.05, 4.69) is 26.2 Å². The summed E-state index contributed by atoms with van der Waals surface area (Å²) in [7, 11) is 0. The molecule has 0 aliphatic heterocycles. The summed E-state index contributed by atoms with van der Waals surface area (Å²) in [4.78, 5) is 0. The summed E-state index contributed by atoms with van der Waals surface area (Å²) in [5.41, 5.74) is 1.74. The molecule has 0 saturated carbocycles. The van der Waals surface area contributed by atoms with E-state index in [0.717, 1.165) is 10.0 Å². The minimum atomic E-state index is -0.571. The normalized spacial score (nSPS) is 12.7. The molecule has 0 unspecified atom stereocenters. The minimum Gasteiger partial charge on any atom is -0.387 e. The van der Waals surface area contributed by atoms with Gasteiger partial charge in [0, 0.05) is 4.47 Å². The van der Waals surface area contributed by atoms with Gasteiger partial charge in [-0.25, -0.2) is 4.68 Å². The highest BCUT2D eigenvalue weighted by molar-refractivity contribution is 9.10. The zero-order chi connectivity index (χ0) is 11.5. The first-order chi connectivity index (χ1) is 7.65. The van der Waals surface area contributed by atoms with Crippen LogP contribution < -0.4 is 0 Å². The van der Waals surface area contributed by atoms with Crippen LogP contribution in [0.15, 0.2) is 34.9 Å². The van der Waals surface area contributed by atoms with E-state index in [0.29, 0.717) is 12.2 Å². The van der Waals surface area contributed by atoms with E-state index in [4.69, 9.17) is 0 Å². The molecule has 1 aromatic carbocycles. The third-order valence-electron chi connectivity index (χ3n) is 2.24. The van der Waals surface area contributed by atoms with Crippen molar-refractivity contribution in [2.24, 2.45) is 0 Å². The Labute approximate surface area is 102 Å². The fourth-order valence-corrected chi connectivity index (χ4v) is 1.62. The van der Waals surface area contributed by atoms with Crippen LogP contribution in [0.4, 0.5) is 0 Å². The van der Waals surface area contributed by atoms with Gasteiger partial charge in [-0.3, -0.25) is 0 Å². The van der Waals surface area contributed by atoms with Crippen LogP contribution >= 0.6 is 15.9 Å². The maximum atomic E-state index is 9.32. The second-order valence-electron chi connectivity index (χ2n) is 3.64. The molecule has 4 nitrogen and oxygen atoms in total. The van der Waals surface area contributed by atoms with Gasteiger partial charge in [0.25, 0.3) is 0 Å². The molecule has 1 atom stereocenters. The van der Waals surface area contributed by atoms with E-state index in [9.17, 15) is 5.11 Å². The molecule has 0 amide bonds. The Kier molecular flexibility index (Phi) is 3.36. The molecule has 0 aliphatic carbocycles. The Bertz CT molecular complexity index is 464. The van der Waals surface area contributed by atoms with Crippen LogP contribution in [0.2, 0.25) is 0 Å². The zero-order valence-corrected chi connectivity index (χ0v) is 10.4. The minimum absolute atomic E-state index is 0.571. The highest BCUT2D eigenvalue weighted by Gasteiger charge is 2.06. The average Bonchev–Trinajstić information content (AvgIpc) is 2.70. The lowest BCUT2D eigenvalue weighted by molar-refractivity contribution is 0.194. The second kappa shape index (κ2) is 4.76. The van der Waals surface area contributed by atoms with E-state index in [-0.39, 0.29) is 0 Å². The lowest BCUT2D eigenvalue weighted by Gasteiger charge is -2.00. The topological polar surface area (TPSA) is 50.9 Å². The molecular weight excluding hydrogens is 270 g/mol. The first kappa shape index (κ1) is 11.3. The summed E-state index contributed by atoms with van der Waals surface area (Å²) in [5, 5.41) is 17.2. The fourth-order valence-electron chi connectivity index (χ4n) is 1.36. The number of aromatic nitrogens is 3. The smallest absolute Gasteiger partial charge is 0.111 e. The Hall–Kier alpha value is -1.20. The van der Waals surface area contributed by atoms with Crippen LogP contribution in [-0.2, 0) is 6.54 Å². The number of nitrogens with zero attached hydrogens (tertiary/aromatic N) is 3. The van der Waals surface area contributed by atoms with Gasteiger partial charge in [0.05, 0.1) is 18.8 Å². The molecule has 0 saturated heterocycles. The fraction of sp³-hybridized carbons (Fsp3) is 0.273. The van der Waals surface area contributed by atoms with Crippen LogP contribution in [0, 0.1) is 0 Å². The van der Waals surface area contributed by atoms with Crippen molar-refractivity contribution in [2.45, 2.75) is 19.6 Å².